The fraction of sp³-hybridized carbons (Fsp3) is 0.400. The second kappa shape index (κ2) is 4.88. The van der Waals surface area contributed by atoms with Crippen molar-refractivity contribution in [3.63, 3.8) is 0 Å². The minimum absolute atomic E-state index is 0.0278. The van der Waals surface area contributed by atoms with Crippen LogP contribution in [-0.2, 0) is 0 Å². The highest BCUT2D eigenvalue weighted by molar-refractivity contribution is 5.49. The van der Waals surface area contributed by atoms with E-state index in [4.69, 9.17) is 15.0 Å². The molecule has 1 unspecified atom stereocenters. The Bertz CT molecular complexity index is 499. The molecule has 0 spiro atoms. The molecular weight excluding hydrogens is 222 g/mol. The minimum Gasteiger partial charge on any atom is -0.481 e. The maximum Gasteiger partial charge on any atom is 0.231 e. The minimum atomic E-state index is 0.0278. The van der Waals surface area contributed by atoms with Crippen molar-refractivity contribution in [3.8, 4) is 17.4 Å². The Labute approximate surface area is 98.0 Å². The number of hydrogen-bond donors (Lipinski definition) is 1. The van der Waals surface area contributed by atoms with E-state index in [2.05, 4.69) is 20.1 Å². The van der Waals surface area contributed by atoms with E-state index in [0.29, 0.717) is 29.8 Å². The summed E-state index contributed by atoms with van der Waals surface area (Å²) in [6.07, 6.45) is 1.39. The van der Waals surface area contributed by atoms with E-state index in [1.54, 1.807) is 6.07 Å². The molecule has 0 saturated carbocycles. The van der Waals surface area contributed by atoms with Gasteiger partial charge in [0.05, 0.1) is 7.11 Å². The molecule has 2 aromatic rings. The fourth-order valence-corrected chi connectivity index (χ4v) is 1.21. The number of methoxy groups -OCH3 is 1. The third kappa shape index (κ3) is 2.39. The molecule has 0 bridgehead atoms. The quantitative estimate of drug-likeness (QED) is 0.827. The first kappa shape index (κ1) is 11.5. The summed E-state index contributed by atoms with van der Waals surface area (Å²) < 4.78 is 10.1. The van der Waals surface area contributed by atoms with Crippen LogP contribution in [0.1, 0.15) is 18.7 Å². The van der Waals surface area contributed by atoms with Crippen LogP contribution in [0, 0.1) is 0 Å². The first-order valence-electron chi connectivity index (χ1n) is 5.14. The van der Waals surface area contributed by atoms with Gasteiger partial charge in [-0.3, -0.25) is 0 Å². The van der Waals surface area contributed by atoms with Crippen molar-refractivity contribution < 1.29 is 9.26 Å². The van der Waals surface area contributed by atoms with Crippen molar-refractivity contribution in [3.05, 3.63) is 18.3 Å². The average Bonchev–Trinajstić information content (AvgIpc) is 2.87. The number of ether oxygens (including phenoxy) is 1. The van der Waals surface area contributed by atoms with Gasteiger partial charge in [-0.2, -0.15) is 4.98 Å². The number of rotatable bonds is 4. The predicted octanol–water partition coefficient (Wildman–Crippen LogP) is 0.597. The van der Waals surface area contributed by atoms with Crippen LogP contribution in [-0.4, -0.2) is 33.8 Å². The highest BCUT2D eigenvalue weighted by Gasteiger charge is 2.15. The predicted molar refractivity (Wildman–Crippen MR) is 59.3 cm³/mol. The summed E-state index contributed by atoms with van der Waals surface area (Å²) in [5, 5.41) is 3.84. The Morgan fingerprint density at radius 3 is 3.00 bits per heavy atom. The van der Waals surface area contributed by atoms with Crippen molar-refractivity contribution in [1.29, 1.82) is 0 Å². The third-order valence-corrected chi connectivity index (χ3v) is 2.30. The normalized spacial score (nSPS) is 12.4. The van der Waals surface area contributed by atoms with E-state index in [-0.39, 0.29) is 5.92 Å². The van der Waals surface area contributed by atoms with Gasteiger partial charge in [-0.1, -0.05) is 12.1 Å². The lowest BCUT2D eigenvalue weighted by molar-refractivity contribution is 0.361. The summed E-state index contributed by atoms with van der Waals surface area (Å²) in [5.41, 5.74) is 6.08. The summed E-state index contributed by atoms with van der Waals surface area (Å²) in [7, 11) is 1.53. The topological polar surface area (TPSA) is 100.0 Å². The smallest absolute Gasteiger partial charge is 0.231 e. The average molecular weight is 235 g/mol. The van der Waals surface area contributed by atoms with Gasteiger partial charge in [-0.25, -0.2) is 9.97 Å². The van der Waals surface area contributed by atoms with Crippen LogP contribution in [0.25, 0.3) is 11.5 Å². The summed E-state index contributed by atoms with van der Waals surface area (Å²) in [5.74, 6) is 1.38. The van der Waals surface area contributed by atoms with E-state index in [1.807, 2.05) is 6.92 Å². The second-order valence-electron chi connectivity index (χ2n) is 3.54. The van der Waals surface area contributed by atoms with E-state index in [0.717, 1.165) is 0 Å². The molecule has 2 N–H and O–H groups in total. The van der Waals surface area contributed by atoms with E-state index in [1.165, 1.54) is 13.4 Å². The molecule has 0 saturated heterocycles. The zero-order valence-electron chi connectivity index (χ0n) is 9.62. The van der Waals surface area contributed by atoms with Gasteiger partial charge in [0.2, 0.25) is 17.6 Å². The number of nitrogens with two attached hydrogens (primary N) is 1. The number of nitrogens with zero attached hydrogens (tertiary/aromatic N) is 4. The molecule has 0 aliphatic heterocycles. The first-order chi connectivity index (χ1) is 8.24. The van der Waals surface area contributed by atoms with Gasteiger partial charge < -0.3 is 15.0 Å². The Balaban J connectivity index is 2.30. The Kier molecular flexibility index (Phi) is 3.29. The molecule has 7 nitrogen and oxygen atoms in total. The SMILES string of the molecule is COc1cc(-c2noc(C(C)CN)n2)ncn1. The summed E-state index contributed by atoms with van der Waals surface area (Å²) in [6.45, 7) is 2.37. The number of hydrogen-bond acceptors (Lipinski definition) is 7. The largest absolute Gasteiger partial charge is 0.481 e. The molecule has 0 aliphatic carbocycles. The van der Waals surface area contributed by atoms with Crippen LogP contribution >= 0.6 is 0 Å². The van der Waals surface area contributed by atoms with Crippen LogP contribution in [0.5, 0.6) is 5.88 Å². The van der Waals surface area contributed by atoms with Crippen LogP contribution in [0.2, 0.25) is 0 Å². The molecular formula is C10H13N5O2. The van der Waals surface area contributed by atoms with E-state index >= 15 is 0 Å². The van der Waals surface area contributed by atoms with Gasteiger partial charge in [0, 0.05) is 18.5 Å². The highest BCUT2D eigenvalue weighted by atomic mass is 16.5. The zero-order valence-corrected chi connectivity index (χ0v) is 9.62. The lowest BCUT2D eigenvalue weighted by atomic mass is 10.2. The van der Waals surface area contributed by atoms with Gasteiger partial charge in [0.25, 0.3) is 0 Å². The van der Waals surface area contributed by atoms with Gasteiger partial charge in [0.15, 0.2) is 0 Å². The fourth-order valence-electron chi connectivity index (χ4n) is 1.21. The van der Waals surface area contributed by atoms with Gasteiger partial charge in [0.1, 0.15) is 12.0 Å². The van der Waals surface area contributed by atoms with Crippen LogP contribution in [0.15, 0.2) is 16.9 Å². The van der Waals surface area contributed by atoms with Crippen molar-refractivity contribution >= 4 is 0 Å². The molecule has 1 atom stereocenters. The zero-order chi connectivity index (χ0) is 12.3. The number of aromatic nitrogens is 4. The molecule has 2 aromatic heterocycles. The maximum atomic E-state index is 5.52. The second-order valence-corrected chi connectivity index (χ2v) is 3.54. The molecule has 2 heterocycles. The molecule has 90 valence electrons. The van der Waals surface area contributed by atoms with Crippen LogP contribution < -0.4 is 10.5 Å². The maximum absolute atomic E-state index is 5.52. The van der Waals surface area contributed by atoms with Crippen LogP contribution in [0.4, 0.5) is 0 Å². The third-order valence-electron chi connectivity index (χ3n) is 2.30. The van der Waals surface area contributed by atoms with Crippen molar-refractivity contribution in [2.75, 3.05) is 13.7 Å². The molecule has 0 aromatic carbocycles. The highest BCUT2D eigenvalue weighted by Crippen LogP contribution is 2.19. The molecule has 7 heteroatoms. The Hall–Kier alpha value is -2.02. The summed E-state index contributed by atoms with van der Waals surface area (Å²) in [4.78, 5) is 12.2. The van der Waals surface area contributed by atoms with Gasteiger partial charge in [-0.05, 0) is 0 Å². The first-order valence-corrected chi connectivity index (χ1v) is 5.14. The van der Waals surface area contributed by atoms with E-state index in [9.17, 15) is 0 Å². The molecule has 0 amide bonds. The van der Waals surface area contributed by atoms with Crippen LogP contribution in [0.3, 0.4) is 0 Å². The molecule has 0 radical (unpaired) electrons. The standard InChI is InChI=1S/C10H13N5O2/c1-6(4-11)10-14-9(15-17-10)7-3-8(16-2)13-5-12-7/h3,5-6H,4,11H2,1-2H3. The molecule has 0 fully saturated rings. The Morgan fingerprint density at radius 1 is 1.47 bits per heavy atom. The molecule has 0 aliphatic rings. The summed E-state index contributed by atoms with van der Waals surface area (Å²) in [6, 6.07) is 1.64. The molecule has 17 heavy (non-hydrogen) atoms. The van der Waals surface area contributed by atoms with Gasteiger partial charge in [-0.15, -0.1) is 0 Å². The lowest BCUT2D eigenvalue weighted by Crippen LogP contribution is -2.09. The van der Waals surface area contributed by atoms with Gasteiger partial charge >= 0.3 is 0 Å². The Morgan fingerprint density at radius 2 is 2.29 bits per heavy atom. The summed E-state index contributed by atoms with van der Waals surface area (Å²) >= 11 is 0. The van der Waals surface area contributed by atoms with E-state index < -0.39 is 0 Å². The van der Waals surface area contributed by atoms with Crippen molar-refractivity contribution in [2.45, 2.75) is 12.8 Å². The van der Waals surface area contributed by atoms with Crippen molar-refractivity contribution in [2.24, 2.45) is 5.73 Å². The molecule has 2 rings (SSSR count). The monoisotopic (exact) mass is 235 g/mol. The van der Waals surface area contributed by atoms with Crippen molar-refractivity contribution in [1.82, 2.24) is 20.1 Å². The lowest BCUT2D eigenvalue weighted by Gasteiger charge is -1.99.